The Bertz CT molecular complexity index is 1750. The van der Waals surface area contributed by atoms with Crippen LogP contribution in [0.1, 0.15) is 48.9 Å². The molecule has 0 spiro atoms. The molecule has 0 aliphatic carbocycles. The van der Waals surface area contributed by atoms with Gasteiger partial charge in [0.25, 0.3) is 0 Å². The number of primary amides is 1. The number of carbonyl (C=O) groups excluding carboxylic acids is 1. The average Bonchev–Trinajstić information content (AvgIpc) is 3.67. The van der Waals surface area contributed by atoms with E-state index in [-0.39, 0.29) is 12.4 Å². The summed E-state index contributed by atoms with van der Waals surface area (Å²) in [7, 11) is 0. The van der Waals surface area contributed by atoms with Crippen LogP contribution < -0.4 is 5.73 Å². The van der Waals surface area contributed by atoms with E-state index >= 15 is 0 Å². The molecule has 0 bridgehead atoms. The Hall–Kier alpha value is -4.00. The molecule has 44 heavy (non-hydrogen) atoms. The monoisotopic (exact) mass is 615 g/mol. The molecular formula is C31H38ClN11O. The fraction of sp³-hybridized carbons (Fsp3) is 0.452. The highest BCUT2D eigenvalue weighted by Crippen LogP contribution is 2.33. The first-order valence-electron chi connectivity index (χ1n) is 15.4. The number of fused-ring (bicyclic) bond motifs is 2. The summed E-state index contributed by atoms with van der Waals surface area (Å²) in [6.07, 6.45) is 14.4. The van der Waals surface area contributed by atoms with Crippen molar-refractivity contribution in [2.24, 2.45) is 5.73 Å². The van der Waals surface area contributed by atoms with E-state index in [1.165, 1.54) is 44.9 Å². The van der Waals surface area contributed by atoms with Crippen LogP contribution in [0.4, 0.5) is 0 Å². The van der Waals surface area contributed by atoms with Gasteiger partial charge in [0.15, 0.2) is 11.3 Å². The molecule has 2 saturated heterocycles. The smallest absolute Gasteiger partial charge is 0.249 e. The molecule has 4 aromatic heterocycles. The number of rotatable bonds is 9. The van der Waals surface area contributed by atoms with Crippen molar-refractivity contribution in [1.82, 2.24) is 49.3 Å². The van der Waals surface area contributed by atoms with Crippen molar-refractivity contribution in [2.45, 2.75) is 51.6 Å². The molecular weight excluding hydrogens is 578 g/mol. The highest BCUT2D eigenvalue weighted by atomic mass is 35.5. The lowest BCUT2D eigenvalue weighted by molar-refractivity contribution is 0.100. The molecule has 12 nitrogen and oxygen atoms in total. The molecule has 2 N–H and O–H groups in total. The van der Waals surface area contributed by atoms with Gasteiger partial charge in [0.05, 0.1) is 47.6 Å². The van der Waals surface area contributed by atoms with Gasteiger partial charge in [-0.25, -0.2) is 29.3 Å². The summed E-state index contributed by atoms with van der Waals surface area (Å²) in [6.45, 7) is 7.92. The van der Waals surface area contributed by atoms with Crippen LogP contribution in [0.2, 0.25) is 0 Å². The molecule has 13 heteroatoms. The molecule has 0 radical (unpaired) electrons. The van der Waals surface area contributed by atoms with E-state index in [1.54, 1.807) is 18.6 Å². The highest BCUT2D eigenvalue weighted by Gasteiger charge is 2.21. The third kappa shape index (κ3) is 6.01. The van der Waals surface area contributed by atoms with Gasteiger partial charge in [0.2, 0.25) is 5.91 Å². The molecule has 0 atom stereocenters. The van der Waals surface area contributed by atoms with E-state index < -0.39 is 5.91 Å². The quantitative estimate of drug-likeness (QED) is 0.262. The van der Waals surface area contributed by atoms with Gasteiger partial charge in [-0.05, 0) is 64.0 Å². The fourth-order valence-electron chi connectivity index (χ4n) is 6.50. The van der Waals surface area contributed by atoms with E-state index in [1.807, 2.05) is 27.7 Å². The van der Waals surface area contributed by atoms with Crippen molar-refractivity contribution in [1.29, 1.82) is 0 Å². The number of amides is 1. The zero-order valence-electron chi connectivity index (χ0n) is 24.8. The fourth-order valence-corrected chi connectivity index (χ4v) is 6.50. The first kappa shape index (κ1) is 30.0. The number of aromatic nitrogens is 8. The Kier molecular flexibility index (Phi) is 9.10. The number of likely N-dealkylation sites (tertiary alicyclic amines) is 2. The number of carbonyl (C=O) groups is 1. The molecule has 0 saturated carbocycles. The highest BCUT2D eigenvalue weighted by molar-refractivity contribution is 6.04. The second kappa shape index (κ2) is 13.3. The number of benzene rings is 1. The van der Waals surface area contributed by atoms with Gasteiger partial charge in [0, 0.05) is 29.8 Å². The minimum Gasteiger partial charge on any atom is -0.366 e. The molecule has 0 unspecified atom stereocenters. The van der Waals surface area contributed by atoms with Crippen molar-refractivity contribution in [3.63, 3.8) is 0 Å². The zero-order valence-corrected chi connectivity index (χ0v) is 25.6. The van der Waals surface area contributed by atoms with Crippen LogP contribution in [0.3, 0.4) is 0 Å². The summed E-state index contributed by atoms with van der Waals surface area (Å²) in [5.41, 5.74) is 10.6. The van der Waals surface area contributed by atoms with Gasteiger partial charge in [-0.15, -0.1) is 12.4 Å². The van der Waals surface area contributed by atoms with Crippen molar-refractivity contribution in [2.75, 3.05) is 39.3 Å². The maximum absolute atomic E-state index is 12.6. The number of hydrogen-bond donors (Lipinski definition) is 1. The SMILES string of the molecule is Cl.NC(=O)c1ccc(-c2ncnc3c2cnn3CCN2CCCCC2)cc1-c1ncnc2c1cnn2CCN1CCCCC1. The molecule has 230 valence electrons. The van der Waals surface area contributed by atoms with Crippen LogP contribution in [0.25, 0.3) is 44.6 Å². The van der Waals surface area contributed by atoms with Crippen LogP contribution >= 0.6 is 12.4 Å². The summed E-state index contributed by atoms with van der Waals surface area (Å²) in [5.74, 6) is -0.524. The van der Waals surface area contributed by atoms with E-state index in [9.17, 15) is 4.79 Å². The van der Waals surface area contributed by atoms with Crippen molar-refractivity contribution in [3.8, 4) is 22.5 Å². The first-order chi connectivity index (χ1) is 21.2. The summed E-state index contributed by atoms with van der Waals surface area (Å²) in [6, 6.07) is 5.55. The van der Waals surface area contributed by atoms with Gasteiger partial charge in [0.1, 0.15) is 12.7 Å². The lowest BCUT2D eigenvalue weighted by Gasteiger charge is -2.26. The van der Waals surface area contributed by atoms with Gasteiger partial charge >= 0.3 is 0 Å². The normalized spacial score (nSPS) is 16.4. The molecule has 1 amide bonds. The van der Waals surface area contributed by atoms with Crippen LogP contribution in [0.5, 0.6) is 0 Å². The van der Waals surface area contributed by atoms with Crippen molar-refractivity contribution < 1.29 is 4.79 Å². The van der Waals surface area contributed by atoms with E-state index in [0.29, 0.717) is 16.8 Å². The second-order valence-electron chi connectivity index (χ2n) is 11.6. The molecule has 7 rings (SSSR count). The lowest BCUT2D eigenvalue weighted by Crippen LogP contribution is -2.32. The average molecular weight is 616 g/mol. The number of halogens is 1. The van der Waals surface area contributed by atoms with Gasteiger partial charge in [-0.3, -0.25) is 4.79 Å². The third-order valence-electron chi connectivity index (χ3n) is 8.83. The molecule has 1 aromatic carbocycles. The maximum Gasteiger partial charge on any atom is 0.249 e. The molecule has 2 aliphatic heterocycles. The number of nitrogens with zero attached hydrogens (tertiary/aromatic N) is 10. The predicted octanol–water partition coefficient (Wildman–Crippen LogP) is 3.79. The van der Waals surface area contributed by atoms with Gasteiger partial charge in [-0.1, -0.05) is 18.9 Å². The minimum absolute atomic E-state index is 0. The van der Waals surface area contributed by atoms with E-state index in [2.05, 4.69) is 39.9 Å². The van der Waals surface area contributed by atoms with Crippen LogP contribution in [-0.2, 0) is 13.1 Å². The van der Waals surface area contributed by atoms with Gasteiger partial charge < -0.3 is 15.5 Å². The predicted molar refractivity (Wildman–Crippen MR) is 171 cm³/mol. The molecule has 2 aliphatic rings. The Morgan fingerprint density at radius 2 is 1.20 bits per heavy atom. The van der Waals surface area contributed by atoms with Crippen molar-refractivity contribution >= 4 is 40.4 Å². The number of nitrogens with two attached hydrogens (primary N) is 1. The standard InChI is InChI=1S/C31H37N11O.ClH/c32-29(43)23-8-7-22(27-25-18-37-41(30(25)35-20-33-27)15-13-39-9-3-1-4-10-39)17-24(23)28-26-19-38-42(31(26)36-21-34-28)16-14-40-11-5-2-6-12-40;/h7-8,17-21H,1-6,9-16H2,(H2,32,43);1H. The zero-order chi connectivity index (χ0) is 29.2. The largest absolute Gasteiger partial charge is 0.366 e. The first-order valence-corrected chi connectivity index (χ1v) is 15.4. The second-order valence-corrected chi connectivity index (χ2v) is 11.6. The van der Waals surface area contributed by atoms with Crippen LogP contribution in [0.15, 0.2) is 43.2 Å². The lowest BCUT2D eigenvalue weighted by atomic mass is 9.97. The molecule has 5 aromatic rings. The number of piperidine rings is 2. The number of hydrogen-bond acceptors (Lipinski definition) is 9. The summed E-state index contributed by atoms with van der Waals surface area (Å²) < 4.78 is 3.88. The minimum atomic E-state index is -0.524. The Morgan fingerprint density at radius 1 is 0.682 bits per heavy atom. The maximum atomic E-state index is 12.6. The van der Waals surface area contributed by atoms with Crippen LogP contribution in [0, 0.1) is 0 Å². The molecule has 2 fully saturated rings. The van der Waals surface area contributed by atoms with Gasteiger partial charge in [-0.2, -0.15) is 10.2 Å². The van der Waals surface area contributed by atoms with Crippen molar-refractivity contribution in [3.05, 3.63) is 48.8 Å². The molecule has 6 heterocycles. The Morgan fingerprint density at radius 3 is 1.75 bits per heavy atom. The van der Waals surface area contributed by atoms with Crippen LogP contribution in [-0.4, -0.2) is 94.5 Å². The Balaban J connectivity index is 0.00000343. The Labute approximate surface area is 262 Å². The third-order valence-corrected chi connectivity index (χ3v) is 8.83. The summed E-state index contributed by atoms with van der Waals surface area (Å²) in [4.78, 5) is 36.0. The van der Waals surface area contributed by atoms with E-state index in [0.717, 1.165) is 85.7 Å². The summed E-state index contributed by atoms with van der Waals surface area (Å²) >= 11 is 0. The van der Waals surface area contributed by atoms with E-state index in [4.69, 9.17) is 5.73 Å². The summed E-state index contributed by atoms with van der Waals surface area (Å²) in [5, 5.41) is 11.0. The topological polar surface area (TPSA) is 137 Å².